The number of likely N-dealkylation sites (tertiary alicyclic amines) is 1. The molecule has 5 aliphatic rings. The summed E-state index contributed by atoms with van der Waals surface area (Å²) in [5.41, 5.74) is 4.35. The van der Waals surface area contributed by atoms with E-state index < -0.39 is 6.04 Å². The molecule has 3 saturated heterocycles. The molecule has 1 aromatic heterocycles. The van der Waals surface area contributed by atoms with Crippen molar-refractivity contribution >= 4 is 23.7 Å². The maximum absolute atomic E-state index is 13.1. The van der Waals surface area contributed by atoms with Crippen LogP contribution in [0.4, 0.5) is 5.95 Å². The molecular formula is C29H34N6O4. The van der Waals surface area contributed by atoms with Gasteiger partial charge in [-0.2, -0.15) is 0 Å². The minimum absolute atomic E-state index is 0.110. The summed E-state index contributed by atoms with van der Waals surface area (Å²) >= 11 is 0. The average Bonchev–Trinajstić information content (AvgIpc) is 3.65. The van der Waals surface area contributed by atoms with Crippen LogP contribution in [-0.4, -0.2) is 81.9 Å². The number of nitrogens with one attached hydrogen (secondary N) is 1. The highest BCUT2D eigenvalue weighted by Gasteiger charge is 2.51. The molecule has 2 aromatic rings. The zero-order valence-corrected chi connectivity index (χ0v) is 22.1. The number of hydrogen-bond donors (Lipinski definition) is 1. The number of hydrogen-bond acceptors (Lipinski definition) is 8. The highest BCUT2D eigenvalue weighted by molar-refractivity contribution is 6.05. The summed E-state index contributed by atoms with van der Waals surface area (Å²) in [6, 6.07) is 5.67. The van der Waals surface area contributed by atoms with E-state index in [1.54, 1.807) is 4.90 Å². The third-order valence-electron chi connectivity index (χ3n) is 9.25. The number of carbonyl (C=O) groups is 3. The van der Waals surface area contributed by atoms with Crippen molar-refractivity contribution in [2.24, 2.45) is 0 Å². The Hall–Kier alpha value is -3.37. The first-order valence-corrected chi connectivity index (χ1v) is 14.2. The molecule has 1 aliphatic carbocycles. The van der Waals surface area contributed by atoms with Crippen LogP contribution in [0.25, 0.3) is 0 Å². The lowest BCUT2D eigenvalue weighted by Crippen LogP contribution is -2.52. The molecular weight excluding hydrogens is 496 g/mol. The number of ether oxygens (including phenoxy) is 1. The van der Waals surface area contributed by atoms with Gasteiger partial charge in [0.1, 0.15) is 6.04 Å². The van der Waals surface area contributed by atoms with Gasteiger partial charge < -0.3 is 14.5 Å². The molecule has 4 aliphatic heterocycles. The van der Waals surface area contributed by atoms with Gasteiger partial charge in [0.25, 0.3) is 5.91 Å². The van der Waals surface area contributed by atoms with Crippen molar-refractivity contribution in [3.63, 3.8) is 0 Å². The number of imide groups is 1. The normalized spacial score (nSPS) is 26.6. The first-order chi connectivity index (χ1) is 19.0. The van der Waals surface area contributed by atoms with Crippen LogP contribution in [0.15, 0.2) is 30.6 Å². The van der Waals surface area contributed by atoms with E-state index in [0.29, 0.717) is 24.4 Å². The smallest absolute Gasteiger partial charge is 0.255 e. The highest BCUT2D eigenvalue weighted by atomic mass is 16.5. The van der Waals surface area contributed by atoms with E-state index in [1.807, 2.05) is 18.5 Å². The van der Waals surface area contributed by atoms with E-state index in [0.717, 1.165) is 69.3 Å². The number of nitrogens with zero attached hydrogens (tertiary/aromatic N) is 5. The van der Waals surface area contributed by atoms with Crippen molar-refractivity contribution < 1.29 is 19.1 Å². The average molecular weight is 531 g/mol. The van der Waals surface area contributed by atoms with Gasteiger partial charge in [-0.1, -0.05) is 12.1 Å². The lowest BCUT2D eigenvalue weighted by molar-refractivity contribution is -0.136. The Kier molecular flexibility index (Phi) is 6.12. The Morgan fingerprint density at radius 1 is 1.03 bits per heavy atom. The van der Waals surface area contributed by atoms with E-state index in [2.05, 4.69) is 37.2 Å². The summed E-state index contributed by atoms with van der Waals surface area (Å²) < 4.78 is 5.43. The molecule has 3 amide bonds. The van der Waals surface area contributed by atoms with Gasteiger partial charge in [-0.05, 0) is 61.8 Å². The molecule has 39 heavy (non-hydrogen) atoms. The number of benzene rings is 1. The van der Waals surface area contributed by atoms with Gasteiger partial charge in [-0.25, -0.2) is 9.97 Å². The highest BCUT2D eigenvalue weighted by Crippen LogP contribution is 2.53. The topological polar surface area (TPSA) is 108 Å². The second-order valence-corrected chi connectivity index (χ2v) is 11.6. The molecule has 0 bridgehead atoms. The van der Waals surface area contributed by atoms with Crippen molar-refractivity contribution in [1.29, 1.82) is 0 Å². The summed E-state index contributed by atoms with van der Waals surface area (Å²) in [6.45, 7) is 5.44. The molecule has 7 rings (SSSR count). The van der Waals surface area contributed by atoms with Gasteiger partial charge in [-0.3, -0.25) is 24.6 Å². The molecule has 2 unspecified atom stereocenters. The fraction of sp³-hybridized carbons (Fsp3) is 0.552. The first-order valence-electron chi connectivity index (χ1n) is 14.2. The van der Waals surface area contributed by atoms with Crippen molar-refractivity contribution in [3.8, 4) is 0 Å². The van der Waals surface area contributed by atoms with Gasteiger partial charge in [-0.15, -0.1) is 0 Å². The predicted molar refractivity (Wildman–Crippen MR) is 142 cm³/mol. The summed E-state index contributed by atoms with van der Waals surface area (Å²) in [5, 5.41) is 2.38. The molecule has 2 atom stereocenters. The van der Waals surface area contributed by atoms with Gasteiger partial charge in [0.2, 0.25) is 17.8 Å². The Morgan fingerprint density at radius 3 is 2.56 bits per heavy atom. The second-order valence-electron chi connectivity index (χ2n) is 11.6. The minimum atomic E-state index is -0.573. The van der Waals surface area contributed by atoms with Crippen molar-refractivity contribution in [2.45, 2.75) is 69.1 Å². The molecule has 10 nitrogen and oxygen atoms in total. The summed E-state index contributed by atoms with van der Waals surface area (Å²) in [5.74, 6) is 0.501. The molecule has 204 valence electrons. The van der Waals surface area contributed by atoms with Crippen molar-refractivity contribution in [2.75, 3.05) is 37.7 Å². The van der Waals surface area contributed by atoms with Crippen LogP contribution in [0, 0.1) is 0 Å². The summed E-state index contributed by atoms with van der Waals surface area (Å²) in [7, 11) is 0. The Balaban J connectivity index is 1.01. The molecule has 5 heterocycles. The molecule has 1 aromatic carbocycles. The van der Waals surface area contributed by atoms with Crippen LogP contribution in [-0.2, 0) is 27.4 Å². The molecule has 1 N–H and O–H groups in total. The third-order valence-corrected chi connectivity index (χ3v) is 9.25. The number of amides is 3. The maximum Gasteiger partial charge on any atom is 0.255 e. The lowest BCUT2D eigenvalue weighted by Gasteiger charge is -2.40. The standard InChI is InChI=1S/C29H34N6O4/c36-25-4-3-24(26(37)32-25)35-18-22-13-20(1-2-23(22)27(35)38)21-5-8-34(29(14-21)6-7-29)17-19-15-30-28(31-16-19)33-9-11-39-12-10-33/h1-2,13,15-16,21,24H,3-12,14,17-18H2,(H,32,36,37). The fourth-order valence-electron chi connectivity index (χ4n) is 6.86. The maximum atomic E-state index is 13.1. The monoisotopic (exact) mass is 530 g/mol. The Bertz CT molecular complexity index is 1300. The van der Waals surface area contributed by atoms with Crippen LogP contribution < -0.4 is 10.2 Å². The minimum Gasteiger partial charge on any atom is -0.378 e. The van der Waals surface area contributed by atoms with Crippen LogP contribution in [0.2, 0.25) is 0 Å². The van der Waals surface area contributed by atoms with Gasteiger partial charge in [0, 0.05) is 61.7 Å². The van der Waals surface area contributed by atoms with Crippen molar-refractivity contribution in [3.05, 3.63) is 52.8 Å². The van der Waals surface area contributed by atoms with Crippen molar-refractivity contribution in [1.82, 2.24) is 25.1 Å². The van der Waals surface area contributed by atoms with E-state index >= 15 is 0 Å². The first kappa shape index (κ1) is 24.7. The Labute approximate surface area is 227 Å². The van der Waals surface area contributed by atoms with Crippen LogP contribution in [0.1, 0.15) is 71.5 Å². The quantitative estimate of drug-likeness (QED) is 0.585. The molecule has 1 saturated carbocycles. The third kappa shape index (κ3) is 4.59. The number of piperidine rings is 2. The van der Waals surface area contributed by atoms with E-state index in [1.165, 1.54) is 18.4 Å². The number of rotatable bonds is 5. The molecule has 1 spiro atoms. The fourth-order valence-corrected chi connectivity index (χ4v) is 6.86. The predicted octanol–water partition coefficient (Wildman–Crippen LogP) is 1.99. The molecule has 4 fully saturated rings. The largest absolute Gasteiger partial charge is 0.378 e. The SMILES string of the molecule is O=C1CCC(N2Cc3cc(C4CCN(Cc5cnc(N6CCOCC6)nc5)C5(CC5)C4)ccc3C2=O)C(=O)N1. The van der Waals surface area contributed by atoms with Gasteiger partial charge in [0.05, 0.1) is 13.2 Å². The van der Waals surface area contributed by atoms with Gasteiger partial charge >= 0.3 is 0 Å². The lowest BCUT2D eigenvalue weighted by atomic mass is 9.83. The number of fused-ring (bicyclic) bond motifs is 1. The Morgan fingerprint density at radius 2 is 1.82 bits per heavy atom. The second kappa shape index (κ2) is 9.67. The summed E-state index contributed by atoms with van der Waals surface area (Å²) in [6.07, 6.45) is 9.22. The zero-order chi connectivity index (χ0) is 26.6. The summed E-state index contributed by atoms with van der Waals surface area (Å²) in [4.78, 5) is 52.8. The number of carbonyl (C=O) groups excluding carboxylic acids is 3. The van der Waals surface area contributed by atoms with E-state index in [4.69, 9.17) is 4.74 Å². The molecule has 0 radical (unpaired) electrons. The van der Waals surface area contributed by atoms with Gasteiger partial charge in [0.15, 0.2) is 0 Å². The van der Waals surface area contributed by atoms with Crippen LogP contribution >= 0.6 is 0 Å². The number of anilines is 1. The van der Waals surface area contributed by atoms with E-state index in [-0.39, 0.29) is 29.7 Å². The van der Waals surface area contributed by atoms with Crippen LogP contribution in [0.3, 0.4) is 0 Å². The van der Waals surface area contributed by atoms with Crippen LogP contribution in [0.5, 0.6) is 0 Å². The number of aromatic nitrogens is 2. The zero-order valence-electron chi connectivity index (χ0n) is 22.1. The number of morpholine rings is 1. The molecule has 10 heteroatoms. The van der Waals surface area contributed by atoms with E-state index in [9.17, 15) is 14.4 Å².